The minimum absolute atomic E-state index is 0.157. The molecule has 1 aliphatic heterocycles. The first kappa shape index (κ1) is 17.8. The van der Waals surface area contributed by atoms with Crippen molar-refractivity contribution in [1.29, 1.82) is 0 Å². The molecule has 0 aromatic heterocycles. The first-order valence-electron chi connectivity index (χ1n) is 6.89. The fourth-order valence-corrected chi connectivity index (χ4v) is 4.10. The Kier molecular flexibility index (Phi) is 5.52. The number of hydrogen-bond acceptors (Lipinski definition) is 3. The summed E-state index contributed by atoms with van der Waals surface area (Å²) in [6, 6.07) is 12.5. The summed E-state index contributed by atoms with van der Waals surface area (Å²) >= 11 is 24.8. The summed E-state index contributed by atoms with van der Waals surface area (Å²) in [6.45, 7) is 0.343. The van der Waals surface area contributed by atoms with Crippen LogP contribution in [0.2, 0.25) is 15.1 Å². The number of hydrogen-bond donors (Lipinski definition) is 0. The maximum Gasteiger partial charge on any atom is 0.266 e. The van der Waals surface area contributed by atoms with Crippen molar-refractivity contribution in [3.8, 4) is 0 Å². The molecule has 1 saturated heterocycles. The van der Waals surface area contributed by atoms with Gasteiger partial charge in [0.25, 0.3) is 5.91 Å². The summed E-state index contributed by atoms with van der Waals surface area (Å²) < 4.78 is 0.497. The largest absolute Gasteiger partial charge is 0.288 e. The number of nitrogens with zero attached hydrogens (tertiary/aromatic N) is 1. The third-order valence-electron chi connectivity index (χ3n) is 3.41. The zero-order valence-electron chi connectivity index (χ0n) is 12.1. The molecular weight excluding hydrogens is 405 g/mol. The summed E-state index contributed by atoms with van der Waals surface area (Å²) in [7, 11) is 0. The molecule has 0 aliphatic carbocycles. The summed E-state index contributed by atoms with van der Waals surface area (Å²) in [5, 5.41) is 1.64. The Balaban J connectivity index is 1.86. The third-order valence-corrected chi connectivity index (χ3v) is 5.72. The molecule has 1 heterocycles. The highest BCUT2D eigenvalue weighted by atomic mass is 35.5. The fraction of sp³-hybridized carbons (Fsp3) is 0.0588. The minimum Gasteiger partial charge on any atom is -0.288 e. The Bertz CT molecular complexity index is 867. The quantitative estimate of drug-likeness (QED) is 0.450. The molecule has 0 N–H and O–H groups in total. The van der Waals surface area contributed by atoms with Crippen LogP contribution in [0, 0.1) is 0 Å². The number of thioether (sulfide) groups is 1. The Labute approximate surface area is 164 Å². The summed E-state index contributed by atoms with van der Waals surface area (Å²) in [4.78, 5) is 14.7. The molecule has 24 heavy (non-hydrogen) atoms. The van der Waals surface area contributed by atoms with Crippen molar-refractivity contribution < 1.29 is 4.79 Å². The summed E-state index contributed by atoms with van der Waals surface area (Å²) in [5.41, 5.74) is 1.57. The number of carbonyl (C=O) groups excluding carboxylic acids is 1. The van der Waals surface area contributed by atoms with Gasteiger partial charge < -0.3 is 0 Å². The lowest BCUT2D eigenvalue weighted by molar-refractivity contribution is -0.122. The van der Waals surface area contributed by atoms with E-state index in [4.69, 9.17) is 47.0 Å². The van der Waals surface area contributed by atoms with Gasteiger partial charge in [-0.3, -0.25) is 9.69 Å². The summed E-state index contributed by atoms with van der Waals surface area (Å²) in [6.07, 6.45) is 1.73. The van der Waals surface area contributed by atoms with Gasteiger partial charge in [-0.05, 0) is 35.4 Å². The minimum atomic E-state index is -0.157. The van der Waals surface area contributed by atoms with Crippen LogP contribution >= 0.6 is 58.8 Å². The van der Waals surface area contributed by atoms with Crippen LogP contribution in [-0.2, 0) is 11.3 Å². The molecule has 2 aromatic rings. The van der Waals surface area contributed by atoms with Gasteiger partial charge in [0, 0.05) is 15.1 Å². The normalized spacial score (nSPS) is 16.3. The van der Waals surface area contributed by atoms with E-state index >= 15 is 0 Å². The van der Waals surface area contributed by atoms with Gasteiger partial charge in [0.05, 0.1) is 11.4 Å². The molecule has 2 nitrogen and oxygen atoms in total. The van der Waals surface area contributed by atoms with Crippen LogP contribution < -0.4 is 0 Å². The van der Waals surface area contributed by atoms with Crippen LogP contribution in [0.4, 0.5) is 0 Å². The fourth-order valence-electron chi connectivity index (χ4n) is 2.19. The molecule has 2 aromatic carbocycles. The van der Waals surface area contributed by atoms with Gasteiger partial charge >= 0.3 is 0 Å². The van der Waals surface area contributed by atoms with Crippen LogP contribution in [0.5, 0.6) is 0 Å². The Hall–Kier alpha value is -1.04. The number of amides is 1. The molecule has 0 bridgehead atoms. The van der Waals surface area contributed by atoms with Gasteiger partial charge in [-0.15, -0.1) is 0 Å². The molecule has 122 valence electrons. The van der Waals surface area contributed by atoms with Gasteiger partial charge in [-0.25, -0.2) is 0 Å². The van der Waals surface area contributed by atoms with Crippen LogP contribution in [0.1, 0.15) is 11.1 Å². The monoisotopic (exact) mass is 413 g/mol. The number of halogens is 3. The van der Waals surface area contributed by atoms with Gasteiger partial charge in [0.2, 0.25) is 0 Å². The lowest BCUT2D eigenvalue weighted by Gasteiger charge is -2.15. The van der Waals surface area contributed by atoms with Crippen LogP contribution in [0.15, 0.2) is 47.4 Å². The number of rotatable bonds is 3. The van der Waals surface area contributed by atoms with E-state index in [-0.39, 0.29) is 5.91 Å². The molecule has 0 saturated carbocycles. The number of carbonyl (C=O) groups is 1. The lowest BCUT2D eigenvalue weighted by atomic mass is 10.2. The van der Waals surface area contributed by atoms with E-state index in [1.807, 2.05) is 18.2 Å². The smallest absolute Gasteiger partial charge is 0.266 e. The molecule has 1 fully saturated rings. The second-order valence-corrected chi connectivity index (χ2v) is 7.95. The maximum atomic E-state index is 12.7. The van der Waals surface area contributed by atoms with Crippen LogP contribution in [-0.4, -0.2) is 15.1 Å². The number of benzene rings is 2. The Morgan fingerprint density at radius 2 is 1.83 bits per heavy atom. The average Bonchev–Trinajstić information content (AvgIpc) is 2.79. The van der Waals surface area contributed by atoms with E-state index in [0.29, 0.717) is 30.8 Å². The zero-order chi connectivity index (χ0) is 17.3. The van der Waals surface area contributed by atoms with Crippen molar-refractivity contribution in [2.75, 3.05) is 0 Å². The average molecular weight is 415 g/mol. The maximum absolute atomic E-state index is 12.7. The highest BCUT2D eigenvalue weighted by Gasteiger charge is 2.32. The third kappa shape index (κ3) is 3.79. The van der Waals surface area contributed by atoms with E-state index in [1.165, 1.54) is 16.7 Å². The second kappa shape index (κ2) is 7.46. The standard InChI is InChI=1S/C17H10Cl3NOS2/c18-12-6-5-10(14(20)8-12)7-15-16(22)21(17(23)24-15)9-11-3-1-2-4-13(11)19/h1-8H,9H2/b15-7-. The molecule has 0 radical (unpaired) electrons. The van der Waals surface area contributed by atoms with Crippen molar-refractivity contribution in [1.82, 2.24) is 4.90 Å². The molecule has 1 amide bonds. The molecule has 3 rings (SSSR count). The predicted octanol–water partition coefficient (Wildman–Crippen LogP) is 6.05. The molecule has 7 heteroatoms. The van der Waals surface area contributed by atoms with E-state index in [1.54, 1.807) is 30.3 Å². The highest BCUT2D eigenvalue weighted by Crippen LogP contribution is 2.35. The van der Waals surface area contributed by atoms with E-state index in [0.717, 1.165) is 11.1 Å². The summed E-state index contributed by atoms with van der Waals surface area (Å²) in [5.74, 6) is -0.157. The predicted molar refractivity (Wildman–Crippen MR) is 107 cm³/mol. The Morgan fingerprint density at radius 3 is 2.54 bits per heavy atom. The van der Waals surface area contributed by atoms with Crippen LogP contribution in [0.3, 0.4) is 0 Å². The number of thiocarbonyl (C=S) groups is 1. The topological polar surface area (TPSA) is 20.3 Å². The SMILES string of the molecule is O=C1/C(=C/c2ccc(Cl)cc2Cl)SC(=S)N1Cc1ccccc1Cl. The Morgan fingerprint density at radius 1 is 1.08 bits per heavy atom. The van der Waals surface area contributed by atoms with Crippen molar-refractivity contribution in [2.45, 2.75) is 6.54 Å². The second-order valence-electron chi connectivity index (χ2n) is 5.03. The molecule has 0 atom stereocenters. The first-order chi connectivity index (χ1) is 11.5. The van der Waals surface area contributed by atoms with Gasteiger partial charge in [-0.1, -0.05) is 83.0 Å². The van der Waals surface area contributed by atoms with Crippen molar-refractivity contribution in [3.05, 3.63) is 73.6 Å². The van der Waals surface area contributed by atoms with Gasteiger partial charge in [0.15, 0.2) is 0 Å². The van der Waals surface area contributed by atoms with Gasteiger partial charge in [0.1, 0.15) is 4.32 Å². The van der Waals surface area contributed by atoms with Crippen molar-refractivity contribution >= 4 is 75.1 Å². The molecule has 1 aliphatic rings. The van der Waals surface area contributed by atoms with E-state index in [9.17, 15) is 4.79 Å². The molecular formula is C17H10Cl3NOS2. The highest BCUT2D eigenvalue weighted by molar-refractivity contribution is 8.26. The van der Waals surface area contributed by atoms with E-state index < -0.39 is 0 Å². The van der Waals surface area contributed by atoms with Crippen molar-refractivity contribution in [3.63, 3.8) is 0 Å². The molecule has 0 spiro atoms. The van der Waals surface area contributed by atoms with E-state index in [2.05, 4.69) is 0 Å². The lowest BCUT2D eigenvalue weighted by Crippen LogP contribution is -2.27. The van der Waals surface area contributed by atoms with Crippen molar-refractivity contribution in [2.24, 2.45) is 0 Å². The zero-order valence-corrected chi connectivity index (χ0v) is 16.0. The van der Waals surface area contributed by atoms with Crippen LogP contribution in [0.25, 0.3) is 6.08 Å². The first-order valence-corrected chi connectivity index (χ1v) is 9.25. The molecule has 0 unspecified atom stereocenters. The van der Waals surface area contributed by atoms with Gasteiger partial charge in [-0.2, -0.15) is 0 Å².